The van der Waals surface area contributed by atoms with Gasteiger partial charge < -0.3 is 39.9 Å². The van der Waals surface area contributed by atoms with Crippen LogP contribution in [0, 0.1) is 11.8 Å². The second-order valence-corrected chi connectivity index (χ2v) is 19.7. The largest absolute Gasteiger partial charge is 0.453 e. The van der Waals surface area contributed by atoms with Crippen molar-refractivity contribution in [1.29, 1.82) is 0 Å². The van der Waals surface area contributed by atoms with Gasteiger partial charge >= 0.3 is 12.2 Å². The van der Waals surface area contributed by atoms with E-state index in [-0.39, 0.29) is 41.8 Å². The lowest BCUT2D eigenvalue weighted by atomic mass is 9.81. The van der Waals surface area contributed by atoms with Crippen molar-refractivity contribution in [1.82, 2.24) is 40.4 Å². The molecule has 2 bridgehead atoms. The second-order valence-electron chi connectivity index (χ2n) is 19.7. The molecule has 4 heterocycles. The number of fused-ring (bicyclic) bond motifs is 6. The van der Waals surface area contributed by atoms with Crippen molar-refractivity contribution in [3.8, 4) is 33.5 Å². The molecule has 6 aromatic rings. The van der Waals surface area contributed by atoms with E-state index in [9.17, 15) is 19.2 Å². The van der Waals surface area contributed by atoms with Crippen LogP contribution in [0.2, 0.25) is 0 Å². The summed E-state index contributed by atoms with van der Waals surface area (Å²) in [5.41, 5.74) is 12.1. The molecule has 4 aromatic carbocycles. The Kier molecular flexibility index (Phi) is 12.0. The predicted molar refractivity (Wildman–Crippen MR) is 259 cm³/mol. The maximum atomic E-state index is 14.2. The number of ether oxygens (including phenoxy) is 2. The number of carbonyl (C=O) groups excluding carboxylic acids is 4. The van der Waals surface area contributed by atoms with E-state index in [1.165, 1.54) is 61.3 Å². The molecule has 14 nitrogen and oxygen atoms in total. The van der Waals surface area contributed by atoms with Crippen LogP contribution >= 0.6 is 0 Å². The molecule has 8 atom stereocenters. The summed E-state index contributed by atoms with van der Waals surface area (Å²) in [5.74, 6) is 2.30. The average Bonchev–Trinajstić information content (AvgIpc) is 4.23. The highest BCUT2D eigenvalue weighted by Crippen LogP contribution is 2.58. The molecule has 14 heteroatoms. The van der Waals surface area contributed by atoms with Crippen LogP contribution in [-0.2, 0) is 19.1 Å². The van der Waals surface area contributed by atoms with Gasteiger partial charge in [-0.2, -0.15) is 0 Å². The Morgan fingerprint density at radius 2 is 1.37 bits per heavy atom. The van der Waals surface area contributed by atoms with Crippen LogP contribution in [-0.4, -0.2) is 86.6 Å². The standard InChI is InChI=1S/C54H60N8O6/c1-29(2)47(59-53(65)67-5)52(64)62-31(4)12-23-43(62)50-56-40-22-19-35(26-41(40)57-50)39-21-20-38(45-36-17-18-37(25-36)46(39)45)32-13-15-33(16-14-32)42-27-55-49(58-42)44-24-30(3)28-61(44)51(63)48(60-54(66)68-6)34-10-8-7-9-11-34/h7-11,13-16,19-22,26-27,29-31,36-37,43-44,47-48H,12,17-18,23-25,28H2,1-6H3,(H,55,58)(H,56,57)(H,59,65)(H,60,66)/t30-,31-,36?,37?,43-,44-,47-,48+/m0/s1. The van der Waals surface area contributed by atoms with E-state index >= 15 is 0 Å². The van der Waals surface area contributed by atoms with Crippen molar-refractivity contribution in [2.24, 2.45) is 11.8 Å². The van der Waals surface area contributed by atoms with Gasteiger partial charge in [-0.15, -0.1) is 0 Å². The number of hydrogen-bond donors (Lipinski definition) is 4. The highest BCUT2D eigenvalue weighted by Gasteiger charge is 2.43. The molecule has 4 N–H and O–H groups in total. The SMILES string of the molecule is COC(=O)N[C@H](C(=O)N1[C@@H](C)CC[C@H]1c1nc2ccc(-c3ccc(-c4ccc(-c5cnc([C@@H]6C[C@H](C)CN6C(=O)[C@H](NC(=O)OC)c6ccccc6)[nH]5)cc4)c4c3C3CCC4C3)cc2[nH]1)C(C)C. The number of H-pyrrole nitrogens is 2. The van der Waals surface area contributed by atoms with Crippen molar-refractivity contribution in [2.75, 3.05) is 20.8 Å². The number of aromatic amines is 2. The first-order chi connectivity index (χ1) is 32.9. The molecule has 352 valence electrons. The Bertz CT molecular complexity index is 2870. The lowest BCUT2D eigenvalue weighted by Gasteiger charge is -2.32. The third-order valence-electron chi connectivity index (χ3n) is 15.0. The maximum Gasteiger partial charge on any atom is 0.407 e. The minimum Gasteiger partial charge on any atom is -0.453 e. The number of imidazole rings is 2. The fourth-order valence-electron chi connectivity index (χ4n) is 11.7. The zero-order chi connectivity index (χ0) is 47.4. The summed E-state index contributed by atoms with van der Waals surface area (Å²) < 4.78 is 9.74. The highest BCUT2D eigenvalue weighted by molar-refractivity contribution is 5.89. The lowest BCUT2D eigenvalue weighted by Crippen LogP contribution is -2.52. The average molecular weight is 917 g/mol. The summed E-state index contributed by atoms with van der Waals surface area (Å²) in [7, 11) is 2.60. The molecule has 0 spiro atoms. The van der Waals surface area contributed by atoms with Gasteiger partial charge in [-0.1, -0.05) is 93.6 Å². The minimum absolute atomic E-state index is 0.00206. The van der Waals surface area contributed by atoms with Gasteiger partial charge in [0.05, 0.1) is 49.2 Å². The summed E-state index contributed by atoms with van der Waals surface area (Å²) in [4.78, 5) is 73.5. The number of methoxy groups -OCH3 is 2. The molecule has 3 fully saturated rings. The first kappa shape index (κ1) is 44.9. The van der Waals surface area contributed by atoms with Gasteiger partial charge in [0.25, 0.3) is 5.91 Å². The van der Waals surface area contributed by atoms with Crippen molar-refractivity contribution in [3.05, 3.63) is 119 Å². The number of nitrogens with zero attached hydrogens (tertiary/aromatic N) is 4. The normalized spacial score (nSPS) is 22.6. The van der Waals surface area contributed by atoms with Gasteiger partial charge in [-0.3, -0.25) is 9.59 Å². The molecule has 2 saturated heterocycles. The van der Waals surface area contributed by atoms with E-state index in [4.69, 9.17) is 19.4 Å². The van der Waals surface area contributed by atoms with Crippen molar-refractivity contribution >= 4 is 35.0 Å². The molecule has 10 rings (SSSR count). The number of amides is 4. The molecular formula is C54H60N8O6. The van der Waals surface area contributed by atoms with Gasteiger partial charge in [-0.25, -0.2) is 19.6 Å². The highest BCUT2D eigenvalue weighted by atomic mass is 16.5. The molecule has 2 unspecified atom stereocenters. The fraction of sp³-hybridized carbons (Fsp3) is 0.407. The molecule has 2 aliphatic heterocycles. The number of benzene rings is 4. The topological polar surface area (TPSA) is 175 Å². The van der Waals surface area contributed by atoms with Crippen molar-refractivity contribution in [3.63, 3.8) is 0 Å². The van der Waals surface area contributed by atoms with Gasteiger partial charge in [0.1, 0.15) is 23.7 Å². The van der Waals surface area contributed by atoms with E-state index in [1.54, 1.807) is 0 Å². The van der Waals surface area contributed by atoms with E-state index < -0.39 is 24.3 Å². The van der Waals surface area contributed by atoms with E-state index in [0.29, 0.717) is 23.9 Å². The number of alkyl carbamates (subject to hydrolysis) is 2. The Hall–Kier alpha value is -6.96. The molecule has 1 saturated carbocycles. The number of nitrogens with one attached hydrogen (secondary N) is 4. The summed E-state index contributed by atoms with van der Waals surface area (Å²) >= 11 is 0. The third kappa shape index (κ3) is 8.17. The number of carbonyl (C=O) groups is 4. The molecule has 2 aromatic heterocycles. The Balaban J connectivity index is 0.894. The number of hydrogen-bond acceptors (Lipinski definition) is 8. The zero-order valence-corrected chi connectivity index (χ0v) is 39.5. The van der Waals surface area contributed by atoms with Crippen molar-refractivity contribution < 1.29 is 28.7 Å². The number of rotatable bonds is 11. The van der Waals surface area contributed by atoms with Crippen LogP contribution in [0.3, 0.4) is 0 Å². The summed E-state index contributed by atoms with van der Waals surface area (Å²) in [6, 6.07) is 26.9. The van der Waals surface area contributed by atoms with Gasteiger partial charge in [0, 0.05) is 12.6 Å². The van der Waals surface area contributed by atoms with Crippen LogP contribution in [0.15, 0.2) is 91.1 Å². The minimum atomic E-state index is -0.891. The predicted octanol–water partition coefficient (Wildman–Crippen LogP) is 10.1. The van der Waals surface area contributed by atoms with Crippen molar-refractivity contribution in [2.45, 2.75) is 108 Å². The fourth-order valence-corrected chi connectivity index (χ4v) is 11.7. The molecule has 0 radical (unpaired) electrons. The third-order valence-corrected chi connectivity index (χ3v) is 15.0. The number of aromatic nitrogens is 4. The molecule has 68 heavy (non-hydrogen) atoms. The summed E-state index contributed by atoms with van der Waals surface area (Å²) in [6.45, 7) is 8.59. The van der Waals surface area contributed by atoms with E-state index in [0.717, 1.165) is 58.8 Å². The monoisotopic (exact) mass is 916 g/mol. The van der Waals surface area contributed by atoms with Gasteiger partial charge in [0.15, 0.2) is 0 Å². The van der Waals surface area contributed by atoms with Gasteiger partial charge in [-0.05, 0) is 126 Å². The molecular weight excluding hydrogens is 857 g/mol. The Labute approximate surface area is 396 Å². The first-order valence-corrected chi connectivity index (χ1v) is 24.1. The molecule has 2 aliphatic carbocycles. The van der Waals surface area contributed by atoms with Crippen LogP contribution in [0.25, 0.3) is 44.5 Å². The molecule has 4 amide bonds. The van der Waals surface area contributed by atoms with Gasteiger partial charge in [0.2, 0.25) is 5.91 Å². The Morgan fingerprint density at radius 1 is 0.706 bits per heavy atom. The number of likely N-dealkylation sites (tertiary alicyclic amines) is 2. The van der Waals surface area contributed by atoms with Crippen LogP contribution in [0.4, 0.5) is 9.59 Å². The smallest absolute Gasteiger partial charge is 0.407 e. The summed E-state index contributed by atoms with van der Waals surface area (Å²) in [6.07, 6.45) is 6.48. The maximum absolute atomic E-state index is 14.2. The zero-order valence-electron chi connectivity index (χ0n) is 39.5. The summed E-state index contributed by atoms with van der Waals surface area (Å²) in [5, 5.41) is 5.52. The second kappa shape index (κ2) is 18.3. The van der Waals surface area contributed by atoms with Crippen LogP contribution in [0.5, 0.6) is 0 Å². The first-order valence-electron chi connectivity index (χ1n) is 24.1. The molecule has 4 aliphatic rings. The van der Waals surface area contributed by atoms with E-state index in [1.807, 2.05) is 60.2 Å². The Morgan fingerprint density at radius 3 is 2.06 bits per heavy atom. The lowest BCUT2D eigenvalue weighted by molar-refractivity contribution is -0.137. The van der Waals surface area contributed by atoms with Crippen LogP contribution in [0.1, 0.15) is 125 Å². The van der Waals surface area contributed by atoms with E-state index in [2.05, 4.69) is 89.0 Å². The quantitative estimate of drug-likeness (QED) is 0.0994. The van der Waals surface area contributed by atoms with Crippen LogP contribution < -0.4 is 10.6 Å².